The fourth-order valence-corrected chi connectivity index (χ4v) is 2.43. The lowest BCUT2D eigenvalue weighted by molar-refractivity contribution is 0.0530. The van der Waals surface area contributed by atoms with E-state index in [2.05, 4.69) is 4.98 Å². The molecule has 1 heterocycles. The SMILES string of the molecule is NC1CCC(Oc2cccc3[nH]ccc23)C1O. The normalized spacial score (nSPS) is 28.7. The molecule has 1 fully saturated rings. The highest BCUT2D eigenvalue weighted by atomic mass is 16.5. The number of benzene rings is 1. The van der Waals surface area contributed by atoms with Crippen molar-refractivity contribution in [1.29, 1.82) is 0 Å². The number of hydrogen-bond acceptors (Lipinski definition) is 3. The number of aliphatic hydroxyl groups is 1. The van der Waals surface area contributed by atoms with E-state index in [0.717, 1.165) is 29.5 Å². The first-order valence-corrected chi connectivity index (χ1v) is 5.92. The van der Waals surface area contributed by atoms with Gasteiger partial charge in [0, 0.05) is 23.1 Å². The lowest BCUT2D eigenvalue weighted by atomic mass is 10.2. The van der Waals surface area contributed by atoms with Crippen LogP contribution in [-0.4, -0.2) is 28.3 Å². The molecule has 1 aliphatic rings. The lowest BCUT2D eigenvalue weighted by Gasteiger charge is -2.19. The molecule has 4 heteroatoms. The number of fused-ring (bicyclic) bond motifs is 1. The second-order valence-corrected chi connectivity index (χ2v) is 4.58. The Bertz CT molecular complexity index is 523. The number of hydrogen-bond donors (Lipinski definition) is 3. The molecule has 90 valence electrons. The van der Waals surface area contributed by atoms with Gasteiger partial charge in [-0.25, -0.2) is 0 Å². The summed E-state index contributed by atoms with van der Waals surface area (Å²) < 4.78 is 5.88. The van der Waals surface area contributed by atoms with Crippen LogP contribution in [0.4, 0.5) is 0 Å². The minimum Gasteiger partial charge on any atom is -0.487 e. The average molecular weight is 232 g/mol. The average Bonchev–Trinajstić information content (AvgIpc) is 2.91. The minimum atomic E-state index is -0.566. The molecule has 1 saturated carbocycles. The van der Waals surface area contributed by atoms with Crippen LogP contribution in [-0.2, 0) is 0 Å². The van der Waals surface area contributed by atoms with Crippen LogP contribution in [0.15, 0.2) is 30.5 Å². The maximum Gasteiger partial charge on any atom is 0.129 e. The van der Waals surface area contributed by atoms with Gasteiger partial charge in [-0.3, -0.25) is 0 Å². The molecule has 0 amide bonds. The number of H-pyrrole nitrogens is 1. The Balaban J connectivity index is 1.88. The van der Waals surface area contributed by atoms with Crippen molar-refractivity contribution in [2.45, 2.75) is 31.1 Å². The largest absolute Gasteiger partial charge is 0.487 e. The number of nitrogens with two attached hydrogens (primary N) is 1. The number of rotatable bonds is 2. The van der Waals surface area contributed by atoms with Crippen LogP contribution in [0.2, 0.25) is 0 Å². The number of nitrogens with one attached hydrogen (secondary N) is 1. The second-order valence-electron chi connectivity index (χ2n) is 4.58. The molecule has 3 atom stereocenters. The zero-order chi connectivity index (χ0) is 11.8. The summed E-state index contributed by atoms with van der Waals surface area (Å²) in [4.78, 5) is 3.14. The monoisotopic (exact) mass is 232 g/mol. The molecule has 0 aliphatic heterocycles. The van der Waals surface area contributed by atoms with E-state index in [4.69, 9.17) is 10.5 Å². The molecule has 3 unspecified atom stereocenters. The second kappa shape index (κ2) is 4.05. The van der Waals surface area contributed by atoms with Gasteiger partial charge in [0.05, 0.1) is 0 Å². The Morgan fingerprint density at radius 2 is 2.18 bits per heavy atom. The van der Waals surface area contributed by atoms with Crippen LogP contribution in [0.25, 0.3) is 10.9 Å². The predicted molar refractivity (Wildman–Crippen MR) is 65.9 cm³/mol. The van der Waals surface area contributed by atoms with E-state index in [1.165, 1.54) is 0 Å². The lowest BCUT2D eigenvalue weighted by Crippen LogP contribution is -2.37. The van der Waals surface area contributed by atoms with Gasteiger partial charge in [0.1, 0.15) is 18.0 Å². The molecule has 0 saturated heterocycles. The molecule has 1 aromatic carbocycles. The van der Waals surface area contributed by atoms with Crippen molar-refractivity contribution in [2.24, 2.45) is 5.73 Å². The first-order valence-electron chi connectivity index (χ1n) is 5.92. The molecule has 3 rings (SSSR count). The highest BCUT2D eigenvalue weighted by molar-refractivity contribution is 5.85. The first kappa shape index (κ1) is 10.6. The Kier molecular flexibility index (Phi) is 2.53. The highest BCUT2D eigenvalue weighted by Crippen LogP contribution is 2.29. The molecule has 2 aromatic rings. The summed E-state index contributed by atoms with van der Waals surface area (Å²) in [5.41, 5.74) is 6.82. The van der Waals surface area contributed by atoms with E-state index >= 15 is 0 Å². The summed E-state index contributed by atoms with van der Waals surface area (Å²) in [5, 5.41) is 10.9. The summed E-state index contributed by atoms with van der Waals surface area (Å²) in [6.07, 6.45) is 2.75. The van der Waals surface area contributed by atoms with Crippen LogP contribution in [0.3, 0.4) is 0 Å². The van der Waals surface area contributed by atoms with Gasteiger partial charge in [-0.15, -0.1) is 0 Å². The van der Waals surface area contributed by atoms with Crippen molar-refractivity contribution in [1.82, 2.24) is 4.98 Å². The van der Waals surface area contributed by atoms with Gasteiger partial charge in [0.15, 0.2) is 0 Å². The number of aromatic nitrogens is 1. The quantitative estimate of drug-likeness (QED) is 0.733. The fourth-order valence-electron chi connectivity index (χ4n) is 2.43. The summed E-state index contributed by atoms with van der Waals surface area (Å²) in [5.74, 6) is 0.807. The van der Waals surface area contributed by atoms with Crippen LogP contribution in [0, 0.1) is 0 Å². The van der Waals surface area contributed by atoms with E-state index in [1.54, 1.807) is 0 Å². The standard InChI is InChI=1S/C13H16N2O2/c14-9-4-5-12(13(9)16)17-11-3-1-2-10-8(11)6-7-15-10/h1-3,6-7,9,12-13,15-16H,4-5,14H2. The molecule has 0 bridgehead atoms. The molecular formula is C13H16N2O2. The minimum absolute atomic E-state index is 0.162. The first-order chi connectivity index (χ1) is 8.25. The maximum atomic E-state index is 9.88. The topological polar surface area (TPSA) is 71.3 Å². The van der Waals surface area contributed by atoms with E-state index in [0.29, 0.717) is 0 Å². The molecule has 0 spiro atoms. The van der Waals surface area contributed by atoms with Crippen molar-refractivity contribution in [2.75, 3.05) is 0 Å². The zero-order valence-electron chi connectivity index (χ0n) is 9.47. The van der Waals surface area contributed by atoms with Crippen molar-refractivity contribution < 1.29 is 9.84 Å². The van der Waals surface area contributed by atoms with Gasteiger partial charge in [-0.2, -0.15) is 0 Å². The molecule has 4 nitrogen and oxygen atoms in total. The third-order valence-corrected chi connectivity index (χ3v) is 3.44. The Labute approximate surface area is 99.4 Å². The third-order valence-electron chi connectivity index (χ3n) is 3.44. The predicted octanol–water partition coefficient (Wildman–Crippen LogP) is 1.40. The van der Waals surface area contributed by atoms with E-state index in [-0.39, 0.29) is 12.1 Å². The maximum absolute atomic E-state index is 9.88. The van der Waals surface area contributed by atoms with Gasteiger partial charge in [0.2, 0.25) is 0 Å². The molecular weight excluding hydrogens is 216 g/mol. The van der Waals surface area contributed by atoms with Crippen LogP contribution < -0.4 is 10.5 Å². The Morgan fingerprint density at radius 3 is 2.94 bits per heavy atom. The van der Waals surface area contributed by atoms with E-state index < -0.39 is 6.10 Å². The van der Waals surface area contributed by atoms with Crippen LogP contribution in [0.5, 0.6) is 5.75 Å². The summed E-state index contributed by atoms with van der Waals surface area (Å²) in [6.45, 7) is 0. The van der Waals surface area contributed by atoms with E-state index in [1.807, 2.05) is 30.5 Å². The highest BCUT2D eigenvalue weighted by Gasteiger charge is 2.34. The smallest absolute Gasteiger partial charge is 0.129 e. The van der Waals surface area contributed by atoms with Gasteiger partial charge in [0.25, 0.3) is 0 Å². The summed E-state index contributed by atoms with van der Waals surface area (Å²) in [7, 11) is 0. The van der Waals surface area contributed by atoms with Gasteiger partial charge >= 0.3 is 0 Å². The zero-order valence-corrected chi connectivity index (χ0v) is 9.47. The van der Waals surface area contributed by atoms with Gasteiger partial charge in [-0.1, -0.05) is 6.07 Å². The molecule has 1 aliphatic carbocycles. The van der Waals surface area contributed by atoms with Crippen molar-refractivity contribution in [3.63, 3.8) is 0 Å². The van der Waals surface area contributed by atoms with Gasteiger partial charge < -0.3 is 20.6 Å². The molecule has 4 N–H and O–H groups in total. The van der Waals surface area contributed by atoms with Crippen LogP contribution >= 0.6 is 0 Å². The third kappa shape index (κ3) is 1.79. The number of aromatic amines is 1. The number of ether oxygens (including phenoxy) is 1. The Hall–Kier alpha value is -1.52. The summed E-state index contributed by atoms with van der Waals surface area (Å²) >= 11 is 0. The fraction of sp³-hybridized carbons (Fsp3) is 0.385. The molecule has 0 radical (unpaired) electrons. The summed E-state index contributed by atoms with van der Waals surface area (Å²) in [6, 6.07) is 7.68. The van der Waals surface area contributed by atoms with E-state index in [9.17, 15) is 5.11 Å². The van der Waals surface area contributed by atoms with Crippen molar-refractivity contribution in [3.05, 3.63) is 30.5 Å². The van der Waals surface area contributed by atoms with Crippen molar-refractivity contribution >= 4 is 10.9 Å². The van der Waals surface area contributed by atoms with Crippen LogP contribution in [0.1, 0.15) is 12.8 Å². The Morgan fingerprint density at radius 1 is 1.29 bits per heavy atom. The number of aliphatic hydroxyl groups excluding tert-OH is 1. The molecule has 17 heavy (non-hydrogen) atoms. The van der Waals surface area contributed by atoms with Gasteiger partial charge in [-0.05, 0) is 31.0 Å². The van der Waals surface area contributed by atoms with Crippen molar-refractivity contribution in [3.8, 4) is 5.75 Å². The molecule has 1 aromatic heterocycles.